The standard InChI is InChI=1S/C7H7N2OP2/c8-6-12(9-11)10-7-4-2-1-3-5-7/h1-5H,11H2/q+1. The van der Waals surface area contributed by atoms with Gasteiger partial charge in [0.15, 0.2) is 5.75 Å². The maximum atomic E-state index is 8.53. The second kappa shape index (κ2) is 4.83. The molecular formula is C7H7N2OP2+. The third kappa shape index (κ3) is 2.58. The molecule has 0 N–H and O–H groups in total. The summed E-state index contributed by atoms with van der Waals surface area (Å²) in [6, 6.07) is 9.18. The van der Waals surface area contributed by atoms with Crippen molar-refractivity contribution in [3.8, 4) is 11.6 Å². The molecule has 0 aromatic heterocycles. The molecule has 1 rings (SSSR count). The molecule has 0 spiro atoms. The van der Waals surface area contributed by atoms with Gasteiger partial charge in [-0.3, -0.25) is 4.52 Å². The highest BCUT2D eigenvalue weighted by atomic mass is 31.1. The SMILES string of the molecule is N#C[P+](=NP)Oc1ccccc1. The molecule has 2 atom stereocenters. The molecule has 0 saturated heterocycles. The minimum absolute atomic E-state index is 0.677. The molecule has 0 amide bonds. The highest BCUT2D eigenvalue weighted by molar-refractivity contribution is 7.51. The number of para-hydroxylation sites is 1. The van der Waals surface area contributed by atoms with E-state index < -0.39 is 7.94 Å². The minimum atomic E-state index is -1.34. The van der Waals surface area contributed by atoms with Crippen LogP contribution in [0.4, 0.5) is 0 Å². The molecule has 3 nitrogen and oxygen atoms in total. The molecule has 0 saturated carbocycles. The first-order valence-corrected chi connectivity index (χ1v) is 4.93. The summed E-state index contributed by atoms with van der Waals surface area (Å²) >= 11 is 0. The van der Waals surface area contributed by atoms with Crippen LogP contribution >= 0.6 is 17.3 Å². The van der Waals surface area contributed by atoms with Crippen molar-refractivity contribution in [2.75, 3.05) is 0 Å². The van der Waals surface area contributed by atoms with Gasteiger partial charge in [0.05, 0.1) is 0 Å². The van der Waals surface area contributed by atoms with Crippen LogP contribution in [0.15, 0.2) is 34.8 Å². The van der Waals surface area contributed by atoms with Crippen molar-refractivity contribution in [3.05, 3.63) is 30.3 Å². The third-order valence-electron chi connectivity index (χ3n) is 1.13. The Hall–Kier alpha value is -0.960. The molecule has 60 valence electrons. The van der Waals surface area contributed by atoms with Gasteiger partial charge in [0.1, 0.15) is 0 Å². The van der Waals surface area contributed by atoms with Gasteiger partial charge in [0.2, 0.25) is 0 Å². The van der Waals surface area contributed by atoms with Gasteiger partial charge >= 0.3 is 13.8 Å². The molecule has 0 aliphatic carbocycles. The Morgan fingerprint density at radius 2 is 2.08 bits per heavy atom. The number of hydrogen-bond donors (Lipinski definition) is 0. The monoisotopic (exact) mass is 197 g/mol. The highest BCUT2D eigenvalue weighted by Crippen LogP contribution is 2.29. The molecule has 0 aliphatic heterocycles. The van der Waals surface area contributed by atoms with Crippen molar-refractivity contribution in [1.82, 2.24) is 0 Å². The van der Waals surface area contributed by atoms with Gasteiger partial charge in [-0.25, -0.2) is 0 Å². The lowest BCUT2D eigenvalue weighted by Crippen LogP contribution is -1.76. The van der Waals surface area contributed by atoms with Crippen LogP contribution in [0.5, 0.6) is 5.75 Å². The average Bonchev–Trinajstić information content (AvgIpc) is 2.16. The molecule has 0 heterocycles. The Balaban J connectivity index is 2.72. The number of nitriles is 1. The van der Waals surface area contributed by atoms with Crippen LogP contribution in [0.2, 0.25) is 0 Å². The van der Waals surface area contributed by atoms with E-state index in [-0.39, 0.29) is 0 Å². The minimum Gasteiger partial charge on any atom is -0.256 e. The van der Waals surface area contributed by atoms with E-state index in [1.54, 1.807) is 12.1 Å². The lowest BCUT2D eigenvalue weighted by atomic mass is 10.3. The van der Waals surface area contributed by atoms with E-state index in [9.17, 15) is 0 Å². The lowest BCUT2D eigenvalue weighted by molar-refractivity contribution is 0.631. The predicted octanol–water partition coefficient (Wildman–Crippen LogP) is 2.92. The fraction of sp³-hybridized carbons (Fsp3) is 0. The molecule has 0 radical (unpaired) electrons. The van der Waals surface area contributed by atoms with E-state index in [4.69, 9.17) is 9.79 Å². The van der Waals surface area contributed by atoms with Crippen LogP contribution in [0, 0.1) is 11.1 Å². The summed E-state index contributed by atoms with van der Waals surface area (Å²) in [6.07, 6.45) is 0. The summed E-state index contributed by atoms with van der Waals surface area (Å²) in [5.74, 6) is 2.63. The molecular weight excluding hydrogens is 190 g/mol. The quantitative estimate of drug-likeness (QED) is 0.684. The van der Waals surface area contributed by atoms with E-state index >= 15 is 0 Å². The molecule has 0 bridgehead atoms. The maximum Gasteiger partial charge on any atom is 0.548 e. The third-order valence-corrected chi connectivity index (χ3v) is 2.52. The largest absolute Gasteiger partial charge is 0.548 e. The van der Waals surface area contributed by atoms with Crippen molar-refractivity contribution in [1.29, 1.82) is 5.26 Å². The number of rotatable bonds is 2. The molecule has 0 aliphatic rings. The second-order valence-corrected chi connectivity index (χ2v) is 3.74. The van der Waals surface area contributed by atoms with E-state index in [1.165, 1.54) is 0 Å². The first kappa shape index (κ1) is 9.13. The number of hydrogen-bond acceptors (Lipinski definition) is 3. The fourth-order valence-electron chi connectivity index (χ4n) is 0.651. The first-order chi connectivity index (χ1) is 5.86. The van der Waals surface area contributed by atoms with E-state index in [0.717, 1.165) is 0 Å². The molecule has 1 aromatic rings. The zero-order valence-corrected chi connectivity index (χ0v) is 8.26. The summed E-state index contributed by atoms with van der Waals surface area (Å²) in [5.41, 5.74) is 0. The van der Waals surface area contributed by atoms with E-state index in [0.29, 0.717) is 5.75 Å². The van der Waals surface area contributed by atoms with Crippen molar-refractivity contribution >= 4 is 17.3 Å². The van der Waals surface area contributed by atoms with Crippen LogP contribution < -0.4 is 4.52 Å². The average molecular weight is 197 g/mol. The zero-order chi connectivity index (χ0) is 8.81. The Bertz CT molecular complexity index is 318. The topological polar surface area (TPSA) is 45.4 Å². The summed E-state index contributed by atoms with van der Waals surface area (Å²) < 4.78 is 8.93. The Kier molecular flexibility index (Phi) is 3.67. The maximum absolute atomic E-state index is 8.53. The van der Waals surface area contributed by atoms with Crippen molar-refractivity contribution in [2.45, 2.75) is 0 Å². The Labute approximate surface area is 74.2 Å². The summed E-state index contributed by atoms with van der Waals surface area (Å²) in [6.45, 7) is 0. The van der Waals surface area contributed by atoms with Crippen LogP contribution in [0.25, 0.3) is 0 Å². The highest BCUT2D eigenvalue weighted by Gasteiger charge is 2.13. The second-order valence-electron chi connectivity index (χ2n) is 1.89. The molecule has 12 heavy (non-hydrogen) atoms. The van der Waals surface area contributed by atoms with Crippen LogP contribution in [-0.4, -0.2) is 0 Å². The van der Waals surface area contributed by atoms with Crippen molar-refractivity contribution in [3.63, 3.8) is 0 Å². The van der Waals surface area contributed by atoms with Crippen molar-refractivity contribution in [2.24, 2.45) is 4.52 Å². The zero-order valence-electron chi connectivity index (χ0n) is 6.21. The van der Waals surface area contributed by atoms with E-state index in [2.05, 4.69) is 13.9 Å². The van der Waals surface area contributed by atoms with Gasteiger partial charge < -0.3 is 0 Å². The fourth-order valence-corrected chi connectivity index (χ4v) is 1.41. The van der Waals surface area contributed by atoms with Gasteiger partial charge in [0.25, 0.3) is 0 Å². The van der Waals surface area contributed by atoms with Gasteiger partial charge in [0, 0.05) is 9.39 Å². The number of benzene rings is 1. The normalized spacial score (nSPS) is 10.5. The predicted molar refractivity (Wildman–Crippen MR) is 51.7 cm³/mol. The first-order valence-electron chi connectivity index (χ1n) is 3.20. The Morgan fingerprint density at radius 1 is 1.42 bits per heavy atom. The van der Waals surface area contributed by atoms with Crippen LogP contribution in [0.3, 0.4) is 0 Å². The molecule has 2 unspecified atom stereocenters. The van der Waals surface area contributed by atoms with Crippen LogP contribution in [0.1, 0.15) is 0 Å². The lowest BCUT2D eigenvalue weighted by Gasteiger charge is -1.88. The van der Waals surface area contributed by atoms with Gasteiger partial charge in [-0.15, -0.1) is 5.26 Å². The Morgan fingerprint density at radius 3 is 2.58 bits per heavy atom. The van der Waals surface area contributed by atoms with Crippen LogP contribution in [-0.2, 0) is 0 Å². The van der Waals surface area contributed by atoms with Crippen molar-refractivity contribution < 1.29 is 4.52 Å². The summed E-state index contributed by atoms with van der Waals surface area (Å²) in [7, 11) is 0.802. The van der Waals surface area contributed by atoms with E-state index in [1.807, 2.05) is 24.0 Å². The summed E-state index contributed by atoms with van der Waals surface area (Å²) in [5, 5.41) is 8.53. The molecule has 1 aromatic carbocycles. The summed E-state index contributed by atoms with van der Waals surface area (Å²) in [4.78, 5) is 0. The smallest absolute Gasteiger partial charge is 0.256 e. The van der Waals surface area contributed by atoms with Gasteiger partial charge in [-0.2, -0.15) is 0 Å². The molecule has 0 fully saturated rings. The van der Waals surface area contributed by atoms with Gasteiger partial charge in [-0.05, 0) is 16.6 Å². The van der Waals surface area contributed by atoms with Gasteiger partial charge in [-0.1, -0.05) is 18.2 Å². The number of nitrogens with zero attached hydrogens (tertiary/aromatic N) is 2. The molecule has 5 heteroatoms.